The van der Waals surface area contributed by atoms with E-state index in [2.05, 4.69) is 10.3 Å². The van der Waals surface area contributed by atoms with E-state index in [4.69, 9.17) is 0 Å². The summed E-state index contributed by atoms with van der Waals surface area (Å²) in [6.45, 7) is 3.03. The van der Waals surface area contributed by atoms with E-state index in [9.17, 15) is 9.50 Å². The molecule has 0 saturated carbocycles. The Labute approximate surface area is 101 Å². The summed E-state index contributed by atoms with van der Waals surface area (Å²) in [5.41, 5.74) is 0.547. The summed E-state index contributed by atoms with van der Waals surface area (Å²) in [6.07, 6.45) is 4.00. The van der Waals surface area contributed by atoms with Gasteiger partial charge < -0.3 is 10.4 Å². The molecule has 17 heavy (non-hydrogen) atoms. The van der Waals surface area contributed by atoms with E-state index in [-0.39, 0.29) is 11.7 Å². The predicted octanol–water partition coefficient (Wildman–Crippen LogP) is 2.03. The Balaban J connectivity index is 2.02. The second kappa shape index (κ2) is 5.56. The average molecular weight is 238 g/mol. The molecule has 0 spiro atoms. The van der Waals surface area contributed by atoms with Gasteiger partial charge in [-0.15, -0.1) is 0 Å². The van der Waals surface area contributed by atoms with Gasteiger partial charge in [0.1, 0.15) is 5.82 Å². The third kappa shape index (κ3) is 3.01. The number of nitrogens with one attached hydrogen (secondary N) is 1. The van der Waals surface area contributed by atoms with Gasteiger partial charge >= 0.3 is 0 Å². The largest absolute Gasteiger partial charge is 0.386 e. The minimum Gasteiger partial charge on any atom is -0.386 e. The van der Waals surface area contributed by atoms with Gasteiger partial charge in [-0.2, -0.15) is 0 Å². The lowest BCUT2D eigenvalue weighted by molar-refractivity contribution is 0.0827. The van der Waals surface area contributed by atoms with Crippen LogP contribution in [0, 0.1) is 11.7 Å². The van der Waals surface area contributed by atoms with E-state index in [0.29, 0.717) is 11.7 Å². The van der Waals surface area contributed by atoms with Gasteiger partial charge in [0.05, 0.1) is 18.0 Å². The molecule has 3 nitrogen and oxygen atoms in total. The van der Waals surface area contributed by atoms with Crippen LogP contribution in [0.5, 0.6) is 0 Å². The number of aliphatic hydroxyl groups excluding tert-OH is 1. The van der Waals surface area contributed by atoms with Gasteiger partial charge in [-0.25, -0.2) is 4.39 Å². The van der Waals surface area contributed by atoms with Gasteiger partial charge in [-0.3, -0.25) is 4.98 Å². The summed E-state index contributed by atoms with van der Waals surface area (Å²) in [5, 5.41) is 13.6. The fourth-order valence-corrected chi connectivity index (χ4v) is 2.38. The molecule has 1 aliphatic rings. The number of nitrogens with zero attached hydrogens (tertiary/aromatic N) is 1. The number of aliphatic hydroxyl groups is 1. The minimum atomic E-state index is -0.633. The van der Waals surface area contributed by atoms with Crippen molar-refractivity contribution in [2.45, 2.75) is 38.3 Å². The highest BCUT2D eigenvalue weighted by Gasteiger charge is 2.27. The summed E-state index contributed by atoms with van der Waals surface area (Å²) in [6, 6.07) is 3.22. The van der Waals surface area contributed by atoms with Crippen LogP contribution in [0.3, 0.4) is 0 Å². The molecule has 0 radical (unpaired) electrons. The lowest BCUT2D eigenvalue weighted by Crippen LogP contribution is -2.41. The number of hydrogen-bond donors (Lipinski definition) is 2. The van der Waals surface area contributed by atoms with Crippen molar-refractivity contribution in [1.82, 2.24) is 10.3 Å². The van der Waals surface area contributed by atoms with E-state index in [1.54, 1.807) is 6.07 Å². The van der Waals surface area contributed by atoms with E-state index in [1.807, 2.05) is 6.92 Å². The van der Waals surface area contributed by atoms with Gasteiger partial charge in [0, 0.05) is 12.0 Å². The standard InChI is InChI=1S/C13H19FN2O/c1-9(11-4-2-3-7-15-11)13(17)12-6-5-10(14)8-16-12/h5-6,8-9,11,13,15,17H,2-4,7H2,1H3. The topological polar surface area (TPSA) is 45.1 Å². The number of aromatic nitrogens is 1. The molecule has 1 saturated heterocycles. The van der Waals surface area contributed by atoms with Crippen molar-refractivity contribution in [2.75, 3.05) is 6.54 Å². The zero-order chi connectivity index (χ0) is 12.3. The molecule has 1 aromatic rings. The first-order valence-electron chi connectivity index (χ1n) is 6.21. The summed E-state index contributed by atoms with van der Waals surface area (Å²) >= 11 is 0. The second-order valence-electron chi connectivity index (χ2n) is 4.76. The second-order valence-corrected chi connectivity index (χ2v) is 4.76. The third-order valence-electron chi connectivity index (χ3n) is 3.53. The molecule has 3 unspecified atom stereocenters. The van der Waals surface area contributed by atoms with Crippen LogP contribution in [0.1, 0.15) is 38.0 Å². The highest BCUT2D eigenvalue weighted by atomic mass is 19.1. The third-order valence-corrected chi connectivity index (χ3v) is 3.53. The quantitative estimate of drug-likeness (QED) is 0.847. The maximum Gasteiger partial charge on any atom is 0.141 e. The molecular weight excluding hydrogens is 219 g/mol. The molecule has 2 N–H and O–H groups in total. The van der Waals surface area contributed by atoms with Gasteiger partial charge in [0.25, 0.3) is 0 Å². The number of piperidine rings is 1. The predicted molar refractivity (Wildman–Crippen MR) is 64.0 cm³/mol. The molecule has 1 fully saturated rings. The first-order valence-corrected chi connectivity index (χ1v) is 6.21. The van der Waals surface area contributed by atoms with Crippen LogP contribution in [-0.2, 0) is 0 Å². The van der Waals surface area contributed by atoms with Crippen LogP contribution < -0.4 is 5.32 Å². The van der Waals surface area contributed by atoms with E-state index >= 15 is 0 Å². The SMILES string of the molecule is CC(C1CCCCN1)C(O)c1ccc(F)cn1. The zero-order valence-corrected chi connectivity index (χ0v) is 10.1. The van der Waals surface area contributed by atoms with Crippen molar-refractivity contribution in [2.24, 2.45) is 5.92 Å². The van der Waals surface area contributed by atoms with Crippen LogP contribution >= 0.6 is 0 Å². The monoisotopic (exact) mass is 238 g/mol. The molecular formula is C13H19FN2O. The van der Waals surface area contributed by atoms with E-state index in [0.717, 1.165) is 19.2 Å². The van der Waals surface area contributed by atoms with Crippen molar-refractivity contribution in [3.8, 4) is 0 Å². The average Bonchev–Trinajstić information content (AvgIpc) is 2.39. The Morgan fingerprint density at radius 2 is 2.29 bits per heavy atom. The summed E-state index contributed by atoms with van der Waals surface area (Å²) in [4.78, 5) is 3.94. The lowest BCUT2D eigenvalue weighted by atomic mass is 9.88. The Hall–Kier alpha value is -1.00. The molecule has 2 rings (SSSR count). The van der Waals surface area contributed by atoms with Crippen LogP contribution in [-0.4, -0.2) is 22.7 Å². The molecule has 0 bridgehead atoms. The molecule has 0 amide bonds. The van der Waals surface area contributed by atoms with Gasteiger partial charge in [-0.05, 0) is 31.5 Å². The van der Waals surface area contributed by atoms with Gasteiger partial charge in [-0.1, -0.05) is 13.3 Å². The summed E-state index contributed by atoms with van der Waals surface area (Å²) < 4.78 is 12.7. The first kappa shape index (κ1) is 12.5. The van der Waals surface area contributed by atoms with Crippen molar-refractivity contribution < 1.29 is 9.50 Å². The molecule has 2 heterocycles. The number of hydrogen-bond acceptors (Lipinski definition) is 3. The van der Waals surface area contributed by atoms with Crippen LogP contribution in [0.25, 0.3) is 0 Å². The fraction of sp³-hybridized carbons (Fsp3) is 0.615. The number of rotatable bonds is 3. The van der Waals surface area contributed by atoms with E-state index < -0.39 is 6.10 Å². The molecule has 3 atom stereocenters. The zero-order valence-electron chi connectivity index (χ0n) is 10.1. The number of pyridine rings is 1. The lowest BCUT2D eigenvalue weighted by Gasteiger charge is -2.31. The Kier molecular flexibility index (Phi) is 4.07. The Morgan fingerprint density at radius 1 is 1.47 bits per heavy atom. The Bertz CT molecular complexity index is 349. The molecule has 1 aromatic heterocycles. The Morgan fingerprint density at radius 3 is 2.88 bits per heavy atom. The maximum atomic E-state index is 12.7. The normalized spacial score (nSPS) is 24.3. The van der Waals surface area contributed by atoms with Crippen LogP contribution in [0.15, 0.2) is 18.3 Å². The highest BCUT2D eigenvalue weighted by molar-refractivity contribution is 5.09. The van der Waals surface area contributed by atoms with Crippen molar-refractivity contribution in [3.05, 3.63) is 29.8 Å². The fourth-order valence-electron chi connectivity index (χ4n) is 2.38. The van der Waals surface area contributed by atoms with Gasteiger partial charge in [0.15, 0.2) is 0 Å². The minimum absolute atomic E-state index is 0.0910. The first-order chi connectivity index (χ1) is 8.18. The van der Waals surface area contributed by atoms with Crippen molar-refractivity contribution in [1.29, 1.82) is 0 Å². The van der Waals surface area contributed by atoms with Crippen molar-refractivity contribution in [3.63, 3.8) is 0 Å². The van der Waals surface area contributed by atoms with Crippen LogP contribution in [0.2, 0.25) is 0 Å². The molecule has 0 aromatic carbocycles. The van der Waals surface area contributed by atoms with E-state index in [1.165, 1.54) is 18.9 Å². The molecule has 1 aliphatic heterocycles. The smallest absolute Gasteiger partial charge is 0.141 e. The maximum absolute atomic E-state index is 12.7. The molecule has 0 aliphatic carbocycles. The van der Waals surface area contributed by atoms with Crippen molar-refractivity contribution >= 4 is 0 Å². The summed E-state index contributed by atoms with van der Waals surface area (Å²) in [5.74, 6) is -0.280. The molecule has 4 heteroatoms. The summed E-state index contributed by atoms with van der Waals surface area (Å²) in [7, 11) is 0. The van der Waals surface area contributed by atoms with Crippen LogP contribution in [0.4, 0.5) is 4.39 Å². The van der Waals surface area contributed by atoms with Gasteiger partial charge in [0.2, 0.25) is 0 Å². The molecule has 94 valence electrons. The highest BCUT2D eigenvalue weighted by Crippen LogP contribution is 2.26. The number of halogens is 1.